The maximum Gasteiger partial charge on any atom is 0.159 e. The van der Waals surface area contributed by atoms with Gasteiger partial charge < -0.3 is 19.7 Å². The number of terminal acetylenes is 1. The van der Waals surface area contributed by atoms with Crippen LogP contribution in [0.25, 0.3) is 0 Å². The Morgan fingerprint density at radius 3 is 2.92 bits per heavy atom. The largest absolute Gasteiger partial charge is 0.394 e. The molecule has 1 rings (SSSR count). The van der Waals surface area contributed by atoms with Crippen LogP contribution in [0.5, 0.6) is 0 Å². The molecule has 0 bridgehead atoms. The van der Waals surface area contributed by atoms with Crippen molar-refractivity contribution in [1.82, 2.24) is 0 Å². The first-order valence-corrected chi connectivity index (χ1v) is 4.27. The minimum atomic E-state index is -0.601. The number of hydrogen-bond acceptors (Lipinski definition) is 4. The van der Waals surface area contributed by atoms with Gasteiger partial charge in [0.2, 0.25) is 0 Å². The van der Waals surface area contributed by atoms with Crippen LogP contribution in [0.3, 0.4) is 0 Å². The van der Waals surface area contributed by atoms with Gasteiger partial charge in [-0.2, -0.15) is 0 Å². The fourth-order valence-corrected chi connectivity index (χ4v) is 1.27. The van der Waals surface area contributed by atoms with Crippen molar-refractivity contribution in [2.24, 2.45) is 0 Å². The van der Waals surface area contributed by atoms with E-state index in [4.69, 9.17) is 21.0 Å². The molecule has 13 heavy (non-hydrogen) atoms. The van der Waals surface area contributed by atoms with Crippen molar-refractivity contribution >= 4 is 0 Å². The zero-order valence-corrected chi connectivity index (χ0v) is 7.35. The summed E-state index contributed by atoms with van der Waals surface area (Å²) in [5.41, 5.74) is 0. The summed E-state index contributed by atoms with van der Waals surface area (Å²) in [6, 6.07) is 0. The molecule has 0 saturated carbocycles. The molecule has 0 aliphatic carbocycles. The van der Waals surface area contributed by atoms with Crippen LogP contribution in [0.1, 0.15) is 12.8 Å². The predicted octanol–water partition coefficient (Wildman–Crippen LogP) is -0.506. The fourth-order valence-electron chi connectivity index (χ4n) is 1.27. The summed E-state index contributed by atoms with van der Waals surface area (Å²) in [5.74, 6) is 2.33. The third-order valence-electron chi connectivity index (χ3n) is 1.99. The Balaban J connectivity index is 2.32. The lowest BCUT2D eigenvalue weighted by molar-refractivity contribution is -0.224. The van der Waals surface area contributed by atoms with E-state index in [1.165, 1.54) is 0 Å². The molecule has 1 aliphatic rings. The second-order valence-electron chi connectivity index (χ2n) is 2.95. The lowest BCUT2D eigenvalue weighted by atomic mass is 10.1. The molecule has 1 fully saturated rings. The third-order valence-corrected chi connectivity index (χ3v) is 1.99. The standard InChI is InChI=1S/C9H14O4/c1-2-5-12-9-4-3-7(11)8(6-10)13-9/h1,7-11H,3-6H2/t7-,8+,9-/m0/s1. The summed E-state index contributed by atoms with van der Waals surface area (Å²) in [7, 11) is 0. The molecule has 4 heteroatoms. The highest BCUT2D eigenvalue weighted by Gasteiger charge is 2.29. The van der Waals surface area contributed by atoms with Crippen LogP contribution in [0.4, 0.5) is 0 Å². The molecular weight excluding hydrogens is 172 g/mol. The fraction of sp³-hybridized carbons (Fsp3) is 0.778. The van der Waals surface area contributed by atoms with Gasteiger partial charge in [0.15, 0.2) is 6.29 Å². The summed E-state index contributed by atoms with van der Waals surface area (Å²) in [6.07, 6.45) is 4.65. The van der Waals surface area contributed by atoms with Gasteiger partial charge in [0.1, 0.15) is 12.7 Å². The first-order chi connectivity index (χ1) is 6.27. The highest BCUT2D eigenvalue weighted by molar-refractivity contribution is 4.83. The van der Waals surface area contributed by atoms with E-state index in [1.54, 1.807) is 0 Å². The third kappa shape index (κ3) is 2.98. The molecule has 74 valence electrons. The second kappa shape index (κ2) is 5.20. The van der Waals surface area contributed by atoms with Gasteiger partial charge in [0.25, 0.3) is 0 Å². The first-order valence-electron chi connectivity index (χ1n) is 4.27. The zero-order chi connectivity index (χ0) is 9.68. The summed E-state index contributed by atoms with van der Waals surface area (Å²) >= 11 is 0. The van der Waals surface area contributed by atoms with E-state index in [2.05, 4.69) is 5.92 Å². The van der Waals surface area contributed by atoms with Crippen LogP contribution in [-0.2, 0) is 9.47 Å². The molecule has 2 N–H and O–H groups in total. The second-order valence-corrected chi connectivity index (χ2v) is 2.95. The summed E-state index contributed by atoms with van der Waals surface area (Å²) in [5, 5.41) is 18.2. The van der Waals surface area contributed by atoms with Crippen LogP contribution in [0.15, 0.2) is 0 Å². The average molecular weight is 186 g/mol. The molecule has 0 spiro atoms. The van der Waals surface area contributed by atoms with Gasteiger partial charge in [-0.25, -0.2) is 0 Å². The zero-order valence-electron chi connectivity index (χ0n) is 7.35. The van der Waals surface area contributed by atoms with Crippen molar-refractivity contribution in [2.45, 2.75) is 31.3 Å². The molecule has 0 amide bonds. The van der Waals surface area contributed by atoms with Crippen molar-refractivity contribution < 1.29 is 19.7 Å². The van der Waals surface area contributed by atoms with Crippen LogP contribution in [0, 0.1) is 12.3 Å². The molecule has 1 aliphatic heterocycles. The Kier molecular flexibility index (Phi) is 4.19. The Bertz CT molecular complexity index is 187. The molecule has 0 aromatic carbocycles. The maximum atomic E-state index is 9.33. The summed E-state index contributed by atoms with van der Waals surface area (Å²) in [6.45, 7) is -0.00398. The monoisotopic (exact) mass is 186 g/mol. The Labute approximate surface area is 77.5 Å². The lowest BCUT2D eigenvalue weighted by Gasteiger charge is -2.32. The lowest BCUT2D eigenvalue weighted by Crippen LogP contribution is -2.42. The summed E-state index contributed by atoms with van der Waals surface area (Å²) < 4.78 is 10.4. The molecule has 0 radical (unpaired) electrons. The van der Waals surface area contributed by atoms with E-state index >= 15 is 0 Å². The van der Waals surface area contributed by atoms with Crippen molar-refractivity contribution in [3.63, 3.8) is 0 Å². The van der Waals surface area contributed by atoms with Gasteiger partial charge in [-0.1, -0.05) is 5.92 Å². The number of rotatable bonds is 3. The van der Waals surface area contributed by atoms with Crippen molar-refractivity contribution in [3.8, 4) is 12.3 Å². The van der Waals surface area contributed by atoms with Crippen LogP contribution < -0.4 is 0 Å². The first kappa shape index (κ1) is 10.5. The van der Waals surface area contributed by atoms with Gasteiger partial charge >= 0.3 is 0 Å². The predicted molar refractivity (Wildman–Crippen MR) is 45.8 cm³/mol. The summed E-state index contributed by atoms with van der Waals surface area (Å²) in [4.78, 5) is 0. The number of ether oxygens (including phenoxy) is 2. The van der Waals surface area contributed by atoms with Gasteiger partial charge in [-0.3, -0.25) is 0 Å². The minimum absolute atomic E-state index is 0.193. The van der Waals surface area contributed by atoms with Crippen LogP contribution in [-0.4, -0.2) is 41.9 Å². The van der Waals surface area contributed by atoms with E-state index in [9.17, 15) is 5.11 Å². The molecule has 0 aromatic rings. The van der Waals surface area contributed by atoms with E-state index in [0.717, 1.165) is 0 Å². The minimum Gasteiger partial charge on any atom is -0.394 e. The van der Waals surface area contributed by atoms with E-state index < -0.39 is 18.5 Å². The molecule has 0 unspecified atom stereocenters. The highest BCUT2D eigenvalue weighted by atomic mass is 16.7. The molecule has 1 saturated heterocycles. The quantitative estimate of drug-likeness (QED) is 0.583. The van der Waals surface area contributed by atoms with Gasteiger partial charge in [0.05, 0.1) is 12.7 Å². The number of aliphatic hydroxyl groups excluding tert-OH is 2. The Morgan fingerprint density at radius 1 is 1.54 bits per heavy atom. The average Bonchev–Trinajstić information content (AvgIpc) is 2.16. The van der Waals surface area contributed by atoms with Crippen molar-refractivity contribution in [1.29, 1.82) is 0 Å². The van der Waals surface area contributed by atoms with Crippen LogP contribution in [0.2, 0.25) is 0 Å². The molecule has 4 nitrogen and oxygen atoms in total. The molecule has 0 aromatic heterocycles. The van der Waals surface area contributed by atoms with Gasteiger partial charge in [0, 0.05) is 6.42 Å². The van der Waals surface area contributed by atoms with Crippen molar-refractivity contribution in [2.75, 3.05) is 13.2 Å². The topological polar surface area (TPSA) is 58.9 Å². The Morgan fingerprint density at radius 2 is 2.31 bits per heavy atom. The number of aliphatic hydroxyl groups is 2. The maximum absolute atomic E-state index is 9.33. The van der Waals surface area contributed by atoms with E-state index in [1.807, 2.05) is 0 Å². The SMILES string of the molecule is C#CCO[C@@H]1CC[C@H](O)[C@@H](CO)O1. The highest BCUT2D eigenvalue weighted by Crippen LogP contribution is 2.19. The smallest absolute Gasteiger partial charge is 0.159 e. The van der Waals surface area contributed by atoms with Gasteiger partial charge in [-0.05, 0) is 6.42 Å². The van der Waals surface area contributed by atoms with Crippen molar-refractivity contribution in [3.05, 3.63) is 0 Å². The normalized spacial score (nSPS) is 34.1. The molecular formula is C9H14O4. The molecule has 3 atom stereocenters. The number of hydrogen-bond donors (Lipinski definition) is 2. The van der Waals surface area contributed by atoms with E-state index in [0.29, 0.717) is 12.8 Å². The van der Waals surface area contributed by atoms with E-state index in [-0.39, 0.29) is 13.2 Å². The molecule has 1 heterocycles. The Hall–Kier alpha value is -0.600. The van der Waals surface area contributed by atoms with Gasteiger partial charge in [-0.15, -0.1) is 6.42 Å². The van der Waals surface area contributed by atoms with Crippen LogP contribution >= 0.6 is 0 Å².